The van der Waals surface area contributed by atoms with Crippen LogP contribution in [0.3, 0.4) is 0 Å². The van der Waals surface area contributed by atoms with Gasteiger partial charge in [-0.2, -0.15) is 4.98 Å². The molecule has 0 radical (unpaired) electrons. The van der Waals surface area contributed by atoms with Crippen molar-refractivity contribution in [3.05, 3.63) is 23.8 Å². The van der Waals surface area contributed by atoms with E-state index in [1.807, 2.05) is 0 Å². The van der Waals surface area contributed by atoms with Gasteiger partial charge in [0.05, 0.1) is 0 Å². The summed E-state index contributed by atoms with van der Waals surface area (Å²) >= 11 is 4.66. The summed E-state index contributed by atoms with van der Waals surface area (Å²) in [6.07, 6.45) is 2.23. The number of aromatic nitrogens is 3. The topological polar surface area (TPSA) is 67.9 Å². The highest BCUT2D eigenvalue weighted by Crippen LogP contribution is 1.97. The molecule has 0 bridgehead atoms. The summed E-state index contributed by atoms with van der Waals surface area (Å²) in [5.74, 6) is -0.598. The van der Waals surface area contributed by atoms with Crippen LogP contribution in [0, 0.1) is 4.77 Å². The number of hydrogen-bond donors (Lipinski definition) is 1. The van der Waals surface area contributed by atoms with Gasteiger partial charge >= 0.3 is 12.0 Å². The Morgan fingerprint density at radius 3 is 3.08 bits per heavy atom. The fourth-order valence-corrected chi connectivity index (χ4v) is 0.613. The van der Waals surface area contributed by atoms with Crippen molar-refractivity contribution in [2.45, 2.75) is 0 Å². The van der Waals surface area contributed by atoms with Crippen LogP contribution in [0.4, 0.5) is 0 Å². The van der Waals surface area contributed by atoms with Crippen LogP contribution in [0.25, 0.3) is 0 Å². The molecule has 1 N–H and O–H groups in total. The highest BCUT2D eigenvalue weighted by molar-refractivity contribution is 7.71. The lowest BCUT2D eigenvalue weighted by atomic mass is 10.7. The van der Waals surface area contributed by atoms with Crippen molar-refractivity contribution in [1.29, 1.82) is 0 Å². The van der Waals surface area contributed by atoms with Gasteiger partial charge in [-0.25, -0.2) is 9.78 Å². The van der Waals surface area contributed by atoms with Gasteiger partial charge in [0.2, 0.25) is 4.77 Å². The van der Waals surface area contributed by atoms with Gasteiger partial charge in [-0.3, -0.25) is 4.98 Å². The van der Waals surface area contributed by atoms with Gasteiger partial charge < -0.3 is 4.74 Å². The minimum Gasteiger partial charge on any atom is -0.389 e. The molecule has 0 saturated heterocycles. The van der Waals surface area contributed by atoms with E-state index in [-0.39, 0.29) is 10.8 Å². The molecular weight excluding hydrogens is 178 g/mol. The number of H-pyrrole nitrogens is 1. The Morgan fingerprint density at radius 1 is 1.75 bits per heavy atom. The fraction of sp³-hybridized carbons (Fsp3) is 0. The summed E-state index contributed by atoms with van der Waals surface area (Å²) in [5.41, 5.74) is 0. The van der Waals surface area contributed by atoms with Crippen molar-refractivity contribution in [2.75, 3.05) is 0 Å². The van der Waals surface area contributed by atoms with Crippen LogP contribution in [-0.2, 0) is 4.79 Å². The first-order valence-electron chi connectivity index (χ1n) is 2.98. The molecule has 0 atom stereocenters. The van der Waals surface area contributed by atoms with Gasteiger partial charge in [0.15, 0.2) is 0 Å². The fourth-order valence-electron chi connectivity index (χ4n) is 0.479. The molecule has 0 amide bonds. The highest BCUT2D eigenvalue weighted by atomic mass is 32.1. The summed E-state index contributed by atoms with van der Waals surface area (Å²) in [6.45, 7) is 3.22. The van der Waals surface area contributed by atoms with Crippen LogP contribution in [0.5, 0.6) is 6.01 Å². The Balaban J connectivity index is 2.83. The van der Waals surface area contributed by atoms with Crippen molar-refractivity contribution in [3.8, 4) is 6.01 Å². The molecule has 5 nitrogen and oxygen atoms in total. The zero-order valence-electron chi connectivity index (χ0n) is 5.98. The second kappa shape index (κ2) is 3.72. The first-order chi connectivity index (χ1) is 5.72. The summed E-state index contributed by atoms with van der Waals surface area (Å²) in [6, 6.07) is 0.0138. The molecule has 0 aliphatic heterocycles. The maximum Gasteiger partial charge on any atom is 0.337 e. The average Bonchev–Trinajstić information content (AvgIpc) is 2.04. The van der Waals surface area contributed by atoms with Gasteiger partial charge in [0, 0.05) is 6.08 Å². The zero-order valence-corrected chi connectivity index (χ0v) is 6.80. The Kier molecular flexibility index (Phi) is 2.65. The monoisotopic (exact) mass is 183 g/mol. The number of ether oxygens (including phenoxy) is 1. The molecular formula is C6H5N3O2S. The van der Waals surface area contributed by atoms with E-state index in [0.717, 1.165) is 6.08 Å². The lowest BCUT2D eigenvalue weighted by Gasteiger charge is -1.96. The predicted molar refractivity (Wildman–Crippen MR) is 43.0 cm³/mol. The van der Waals surface area contributed by atoms with Crippen LogP contribution in [0.1, 0.15) is 0 Å². The van der Waals surface area contributed by atoms with Crippen molar-refractivity contribution >= 4 is 18.2 Å². The third kappa shape index (κ3) is 2.24. The Labute approximate surface area is 73.1 Å². The molecule has 0 aromatic carbocycles. The highest BCUT2D eigenvalue weighted by Gasteiger charge is 1.99. The summed E-state index contributed by atoms with van der Waals surface area (Å²) in [4.78, 5) is 20.3. The number of hydrogen-bond acceptors (Lipinski definition) is 5. The molecule has 0 aliphatic carbocycles. The van der Waals surface area contributed by atoms with E-state index in [4.69, 9.17) is 0 Å². The molecule has 0 aliphatic rings. The Morgan fingerprint density at radius 2 is 2.50 bits per heavy atom. The van der Waals surface area contributed by atoms with E-state index in [0.29, 0.717) is 0 Å². The zero-order chi connectivity index (χ0) is 8.97. The maximum absolute atomic E-state index is 10.6. The standard InChI is InChI=1S/C6H5N3O2S/c1-2-4(10)11-5-7-3-8-6(12)9-5/h2-3H,1H2,(H,7,8,9,12). The molecule has 1 aromatic rings. The summed E-state index contributed by atoms with van der Waals surface area (Å²) in [7, 11) is 0. The van der Waals surface area contributed by atoms with Gasteiger partial charge in [-0.1, -0.05) is 6.58 Å². The molecule has 6 heteroatoms. The van der Waals surface area contributed by atoms with Crippen LogP contribution < -0.4 is 4.74 Å². The maximum atomic E-state index is 10.6. The van der Waals surface area contributed by atoms with Gasteiger partial charge in [0.25, 0.3) is 0 Å². The summed E-state index contributed by atoms with van der Waals surface area (Å²) < 4.78 is 4.82. The molecule has 1 aromatic heterocycles. The molecule has 0 saturated carbocycles. The number of aromatic amines is 1. The van der Waals surface area contributed by atoms with E-state index in [1.165, 1.54) is 6.33 Å². The van der Waals surface area contributed by atoms with Crippen molar-refractivity contribution in [3.63, 3.8) is 0 Å². The lowest BCUT2D eigenvalue weighted by molar-refractivity contribution is -0.129. The predicted octanol–water partition coefficient (Wildman–Crippen LogP) is 0.626. The van der Waals surface area contributed by atoms with Gasteiger partial charge in [-0.15, -0.1) is 0 Å². The molecule has 0 spiro atoms. The van der Waals surface area contributed by atoms with Crippen LogP contribution >= 0.6 is 12.2 Å². The second-order valence-electron chi connectivity index (χ2n) is 1.73. The number of nitrogens with one attached hydrogen (secondary N) is 1. The first kappa shape index (κ1) is 8.54. The Bertz CT molecular complexity index is 360. The third-order valence-corrected chi connectivity index (χ3v) is 1.14. The molecule has 0 unspecified atom stereocenters. The number of carbonyl (C=O) groups excluding carboxylic acids is 1. The number of nitrogens with zero attached hydrogens (tertiary/aromatic N) is 2. The van der Waals surface area contributed by atoms with E-state index in [2.05, 4.69) is 38.5 Å². The van der Waals surface area contributed by atoms with Crippen LogP contribution in [0.15, 0.2) is 19.0 Å². The number of carbonyl (C=O) groups is 1. The second-order valence-corrected chi connectivity index (χ2v) is 2.12. The van der Waals surface area contributed by atoms with Crippen LogP contribution in [0.2, 0.25) is 0 Å². The normalized spacial score (nSPS) is 9.00. The minimum absolute atomic E-state index is 0.0138. The Hall–Kier alpha value is -1.56. The van der Waals surface area contributed by atoms with E-state index >= 15 is 0 Å². The van der Waals surface area contributed by atoms with Crippen molar-refractivity contribution in [2.24, 2.45) is 0 Å². The molecule has 1 rings (SSSR count). The van der Waals surface area contributed by atoms with Gasteiger partial charge in [0.1, 0.15) is 6.33 Å². The van der Waals surface area contributed by atoms with Crippen molar-refractivity contribution in [1.82, 2.24) is 15.0 Å². The molecule has 1 heterocycles. The minimum atomic E-state index is -0.598. The van der Waals surface area contributed by atoms with E-state index in [9.17, 15) is 4.79 Å². The SMILES string of the molecule is C=CC(=O)Oc1ncnc(=S)[nH]1. The van der Waals surface area contributed by atoms with E-state index in [1.54, 1.807) is 0 Å². The van der Waals surface area contributed by atoms with Crippen molar-refractivity contribution < 1.29 is 9.53 Å². The molecule has 12 heavy (non-hydrogen) atoms. The lowest BCUT2D eigenvalue weighted by Crippen LogP contribution is -2.06. The van der Waals surface area contributed by atoms with Gasteiger partial charge in [-0.05, 0) is 12.2 Å². The van der Waals surface area contributed by atoms with Crippen LogP contribution in [-0.4, -0.2) is 20.9 Å². The average molecular weight is 183 g/mol. The molecule has 62 valence electrons. The van der Waals surface area contributed by atoms with E-state index < -0.39 is 5.97 Å². The third-order valence-electron chi connectivity index (χ3n) is 0.928. The smallest absolute Gasteiger partial charge is 0.337 e. The largest absolute Gasteiger partial charge is 0.389 e. The first-order valence-corrected chi connectivity index (χ1v) is 3.39. The quantitative estimate of drug-likeness (QED) is 0.413. The number of rotatable bonds is 2. The number of esters is 1. The summed E-state index contributed by atoms with van der Waals surface area (Å²) in [5, 5.41) is 0. The molecule has 0 fully saturated rings.